The fourth-order valence-electron chi connectivity index (χ4n) is 1.53. The maximum atomic E-state index is 12.6. The highest BCUT2D eigenvalue weighted by atomic mass is 79.9. The fraction of sp³-hybridized carbons (Fsp3) is 0.300. The van der Waals surface area contributed by atoms with E-state index in [4.69, 9.17) is 5.73 Å². The first-order valence-corrected chi connectivity index (χ1v) is 5.40. The van der Waals surface area contributed by atoms with Gasteiger partial charge in [-0.1, -0.05) is 0 Å². The highest BCUT2D eigenvalue weighted by molar-refractivity contribution is 9.10. The van der Waals surface area contributed by atoms with E-state index < -0.39 is 24.9 Å². The fourth-order valence-corrected chi connectivity index (χ4v) is 1.95. The van der Waals surface area contributed by atoms with Gasteiger partial charge in [-0.05, 0) is 34.1 Å². The molecule has 6 heteroatoms. The summed E-state index contributed by atoms with van der Waals surface area (Å²) in [6, 6.07) is 4.73. The molecule has 0 spiro atoms. The Morgan fingerprint density at radius 2 is 2.06 bits per heavy atom. The van der Waals surface area contributed by atoms with E-state index in [-0.39, 0.29) is 0 Å². The third kappa shape index (κ3) is 2.02. The number of carbonyl (C=O) groups is 1. The number of hydrogen-bond acceptors (Lipinski definition) is 2. The predicted molar refractivity (Wildman–Crippen MR) is 59.4 cm³/mol. The number of likely N-dealkylation sites (tertiary alicyclic amines) is 1. The van der Waals surface area contributed by atoms with E-state index >= 15 is 0 Å². The minimum atomic E-state index is -2.75. The average Bonchev–Trinajstić information content (AvgIpc) is 2.17. The number of rotatable bonds is 1. The first kappa shape index (κ1) is 11.3. The molecular weight excluding hydrogens is 282 g/mol. The van der Waals surface area contributed by atoms with E-state index in [1.165, 1.54) is 6.07 Å². The lowest BCUT2D eigenvalue weighted by molar-refractivity contribution is -0.113. The summed E-state index contributed by atoms with van der Waals surface area (Å²) in [5, 5.41) is 0. The molecule has 0 aliphatic carbocycles. The minimum absolute atomic E-state index is 0.315. The number of anilines is 1. The van der Waals surface area contributed by atoms with E-state index in [0.29, 0.717) is 15.7 Å². The average molecular weight is 291 g/mol. The number of benzene rings is 1. The van der Waals surface area contributed by atoms with Gasteiger partial charge in [-0.25, -0.2) is 8.78 Å². The molecule has 0 unspecified atom stereocenters. The van der Waals surface area contributed by atoms with Crippen molar-refractivity contribution in [1.29, 1.82) is 0 Å². The Balaban J connectivity index is 2.19. The van der Waals surface area contributed by atoms with Gasteiger partial charge in [0.2, 0.25) is 0 Å². The van der Waals surface area contributed by atoms with Crippen molar-refractivity contribution in [1.82, 2.24) is 4.90 Å². The van der Waals surface area contributed by atoms with Gasteiger partial charge < -0.3 is 10.6 Å². The van der Waals surface area contributed by atoms with Gasteiger partial charge in [-0.2, -0.15) is 0 Å². The molecule has 2 N–H and O–H groups in total. The van der Waals surface area contributed by atoms with Crippen molar-refractivity contribution in [2.45, 2.75) is 5.92 Å². The number of nitrogens with two attached hydrogens (primary N) is 1. The molecule has 0 aromatic heterocycles. The van der Waals surface area contributed by atoms with E-state index in [0.717, 1.165) is 4.90 Å². The van der Waals surface area contributed by atoms with Gasteiger partial charge >= 0.3 is 0 Å². The molecule has 16 heavy (non-hydrogen) atoms. The van der Waals surface area contributed by atoms with E-state index in [2.05, 4.69) is 15.9 Å². The molecule has 1 heterocycles. The Kier molecular flexibility index (Phi) is 2.61. The molecule has 2 rings (SSSR count). The molecule has 1 aromatic rings. The van der Waals surface area contributed by atoms with Gasteiger partial charge in [0.15, 0.2) is 0 Å². The largest absolute Gasteiger partial charge is 0.399 e. The number of halogens is 3. The third-order valence-corrected chi connectivity index (χ3v) is 3.04. The van der Waals surface area contributed by atoms with Crippen molar-refractivity contribution >= 4 is 27.5 Å². The van der Waals surface area contributed by atoms with Crippen molar-refractivity contribution in [2.24, 2.45) is 0 Å². The molecule has 1 aromatic carbocycles. The van der Waals surface area contributed by atoms with Crippen LogP contribution in [-0.2, 0) is 0 Å². The summed E-state index contributed by atoms with van der Waals surface area (Å²) in [5.41, 5.74) is 6.28. The number of nitrogen functional groups attached to an aromatic ring is 1. The molecule has 0 saturated carbocycles. The predicted octanol–water partition coefficient (Wildman–Crippen LogP) is 2.12. The second kappa shape index (κ2) is 3.69. The van der Waals surface area contributed by atoms with Crippen LogP contribution in [0.1, 0.15) is 10.4 Å². The Morgan fingerprint density at radius 1 is 1.44 bits per heavy atom. The van der Waals surface area contributed by atoms with Crippen LogP contribution in [0.4, 0.5) is 14.5 Å². The molecule has 0 radical (unpaired) electrons. The molecule has 3 nitrogen and oxygen atoms in total. The van der Waals surface area contributed by atoms with Crippen LogP contribution in [0.3, 0.4) is 0 Å². The zero-order valence-corrected chi connectivity index (χ0v) is 9.80. The first-order chi connectivity index (χ1) is 7.39. The van der Waals surface area contributed by atoms with E-state index in [9.17, 15) is 13.6 Å². The Labute approximate surface area is 99.3 Å². The third-order valence-electron chi connectivity index (χ3n) is 2.35. The van der Waals surface area contributed by atoms with Crippen molar-refractivity contribution in [3.8, 4) is 0 Å². The maximum absolute atomic E-state index is 12.6. The van der Waals surface area contributed by atoms with Crippen molar-refractivity contribution < 1.29 is 13.6 Å². The molecule has 86 valence electrons. The first-order valence-electron chi connectivity index (χ1n) is 4.61. The molecule has 1 aliphatic heterocycles. The molecular formula is C10H9BrF2N2O. The minimum Gasteiger partial charge on any atom is -0.399 e. The summed E-state index contributed by atoms with van der Waals surface area (Å²) in [4.78, 5) is 12.9. The normalized spacial score (nSPS) is 18.1. The van der Waals surface area contributed by atoms with Gasteiger partial charge in [-0.15, -0.1) is 0 Å². The molecule has 1 aliphatic rings. The molecule has 1 saturated heterocycles. The summed E-state index contributed by atoms with van der Waals surface area (Å²) in [5.74, 6) is -3.17. The lowest BCUT2D eigenvalue weighted by Gasteiger charge is -2.38. The number of hydrogen-bond donors (Lipinski definition) is 1. The van der Waals surface area contributed by atoms with Crippen LogP contribution in [0.2, 0.25) is 0 Å². The molecule has 0 bridgehead atoms. The van der Waals surface area contributed by atoms with Gasteiger partial charge in [-0.3, -0.25) is 4.79 Å². The lowest BCUT2D eigenvalue weighted by Crippen LogP contribution is -2.58. The van der Waals surface area contributed by atoms with Crippen molar-refractivity contribution in [3.05, 3.63) is 28.2 Å². The van der Waals surface area contributed by atoms with Gasteiger partial charge in [0.25, 0.3) is 11.8 Å². The Bertz CT molecular complexity index is 442. The van der Waals surface area contributed by atoms with E-state index in [1.54, 1.807) is 12.1 Å². The lowest BCUT2D eigenvalue weighted by atomic mass is 10.1. The van der Waals surface area contributed by atoms with Crippen LogP contribution >= 0.6 is 15.9 Å². The summed E-state index contributed by atoms with van der Waals surface area (Å²) in [6.07, 6.45) is 0. The van der Waals surface area contributed by atoms with Crippen LogP contribution < -0.4 is 5.73 Å². The SMILES string of the molecule is Nc1ccc(Br)c(C(=O)N2CC(F)(F)C2)c1. The Hall–Kier alpha value is -1.17. The summed E-state index contributed by atoms with van der Waals surface area (Å²) < 4.78 is 25.8. The van der Waals surface area contributed by atoms with Crippen LogP contribution in [-0.4, -0.2) is 29.8 Å². The second-order valence-electron chi connectivity index (χ2n) is 3.76. The highest BCUT2D eigenvalue weighted by Crippen LogP contribution is 2.30. The topological polar surface area (TPSA) is 46.3 Å². The van der Waals surface area contributed by atoms with E-state index in [1.807, 2.05) is 0 Å². The van der Waals surface area contributed by atoms with Gasteiger partial charge in [0, 0.05) is 10.2 Å². The zero-order valence-electron chi connectivity index (χ0n) is 8.21. The van der Waals surface area contributed by atoms with Crippen LogP contribution in [0.5, 0.6) is 0 Å². The van der Waals surface area contributed by atoms with Crippen molar-refractivity contribution in [2.75, 3.05) is 18.8 Å². The molecule has 1 fully saturated rings. The maximum Gasteiger partial charge on any atom is 0.282 e. The van der Waals surface area contributed by atoms with Gasteiger partial charge in [0.05, 0.1) is 18.7 Å². The smallest absolute Gasteiger partial charge is 0.282 e. The quantitative estimate of drug-likeness (QED) is 0.806. The summed E-state index contributed by atoms with van der Waals surface area (Å²) >= 11 is 3.19. The summed E-state index contributed by atoms with van der Waals surface area (Å²) in [6.45, 7) is -1.04. The number of amides is 1. The molecule has 0 atom stereocenters. The van der Waals surface area contributed by atoms with Crippen LogP contribution in [0.25, 0.3) is 0 Å². The number of nitrogens with zero attached hydrogens (tertiary/aromatic N) is 1. The number of carbonyl (C=O) groups excluding carboxylic acids is 1. The molecule has 1 amide bonds. The monoisotopic (exact) mass is 290 g/mol. The van der Waals surface area contributed by atoms with Gasteiger partial charge in [0.1, 0.15) is 0 Å². The van der Waals surface area contributed by atoms with Crippen molar-refractivity contribution in [3.63, 3.8) is 0 Å². The second-order valence-corrected chi connectivity index (χ2v) is 4.61. The number of alkyl halides is 2. The summed E-state index contributed by atoms with van der Waals surface area (Å²) in [7, 11) is 0. The zero-order chi connectivity index (χ0) is 11.9. The standard InChI is InChI=1S/C10H9BrF2N2O/c11-8-2-1-6(14)3-7(8)9(16)15-4-10(12,13)5-15/h1-3H,4-5,14H2. The van der Waals surface area contributed by atoms with Crippen LogP contribution in [0, 0.1) is 0 Å². The highest BCUT2D eigenvalue weighted by Gasteiger charge is 2.46. The Morgan fingerprint density at radius 3 is 2.62 bits per heavy atom. The van der Waals surface area contributed by atoms with Crippen LogP contribution in [0.15, 0.2) is 22.7 Å².